The summed E-state index contributed by atoms with van der Waals surface area (Å²) >= 11 is 13.0. The van der Waals surface area contributed by atoms with Crippen molar-refractivity contribution in [1.82, 2.24) is 0 Å². The third-order valence-corrected chi connectivity index (χ3v) is 6.36. The van der Waals surface area contributed by atoms with Gasteiger partial charge in [0, 0.05) is 22.2 Å². The van der Waals surface area contributed by atoms with Gasteiger partial charge in [0.15, 0.2) is 5.70 Å². The minimum absolute atomic E-state index is 0.0251. The number of hydrogen-bond donors (Lipinski definition) is 0. The zero-order valence-corrected chi connectivity index (χ0v) is 21.5. The molecule has 0 fully saturated rings. The second-order valence-corrected chi connectivity index (χ2v) is 9.42. The standard InChI is InChI=1S/C24H15Br2ClN2O5/c1-13-17(6-3-7-21(13)29(31)32)23-28-20(24(30)34-23)11-15-9-18(25)22(19(26)10-15)33-12-14-4-2-5-16(27)8-14/h2-11H,12H2,1H3/b20-11-. The molecule has 0 bridgehead atoms. The molecule has 0 aliphatic carbocycles. The number of cyclic esters (lactones) is 1. The lowest BCUT2D eigenvalue weighted by Crippen LogP contribution is -2.08. The number of halogens is 3. The fourth-order valence-electron chi connectivity index (χ4n) is 3.32. The van der Waals surface area contributed by atoms with Gasteiger partial charge in [0.05, 0.1) is 13.9 Å². The fraction of sp³-hybridized carbons (Fsp3) is 0.0833. The summed E-state index contributed by atoms with van der Waals surface area (Å²) in [5.74, 6) is -0.0287. The van der Waals surface area contributed by atoms with Gasteiger partial charge in [-0.1, -0.05) is 29.8 Å². The van der Waals surface area contributed by atoms with E-state index in [-0.39, 0.29) is 17.3 Å². The van der Waals surface area contributed by atoms with Crippen LogP contribution >= 0.6 is 43.5 Å². The van der Waals surface area contributed by atoms with E-state index in [0.29, 0.717) is 43.0 Å². The second-order valence-electron chi connectivity index (χ2n) is 7.28. The molecule has 3 aromatic carbocycles. The summed E-state index contributed by atoms with van der Waals surface area (Å²) in [5, 5.41) is 11.8. The number of nitro benzene ring substituents is 1. The van der Waals surface area contributed by atoms with Gasteiger partial charge in [0.1, 0.15) is 12.4 Å². The van der Waals surface area contributed by atoms with E-state index in [1.165, 1.54) is 12.1 Å². The van der Waals surface area contributed by atoms with Crippen LogP contribution in [0.15, 0.2) is 74.2 Å². The van der Waals surface area contributed by atoms with Gasteiger partial charge >= 0.3 is 5.97 Å². The van der Waals surface area contributed by atoms with Crippen LogP contribution < -0.4 is 4.74 Å². The number of ether oxygens (including phenoxy) is 2. The third-order valence-electron chi connectivity index (χ3n) is 4.95. The molecule has 34 heavy (non-hydrogen) atoms. The SMILES string of the molecule is Cc1c(C2=N/C(=C\c3cc(Br)c(OCc4cccc(Cl)c4)c(Br)c3)C(=O)O2)cccc1[N+](=O)[O-]. The Kier molecular flexibility index (Phi) is 7.16. The van der Waals surface area contributed by atoms with Crippen LogP contribution in [0.25, 0.3) is 6.08 Å². The largest absolute Gasteiger partial charge is 0.487 e. The van der Waals surface area contributed by atoms with Crippen LogP contribution in [0, 0.1) is 17.0 Å². The number of hydrogen-bond acceptors (Lipinski definition) is 6. The average molecular weight is 607 g/mol. The molecule has 0 saturated heterocycles. The number of benzene rings is 3. The molecule has 0 aromatic heterocycles. The molecule has 7 nitrogen and oxygen atoms in total. The highest BCUT2D eigenvalue weighted by Crippen LogP contribution is 2.36. The second kappa shape index (κ2) is 10.1. The normalized spacial score (nSPS) is 14.2. The van der Waals surface area contributed by atoms with Crippen LogP contribution in [0.2, 0.25) is 5.02 Å². The van der Waals surface area contributed by atoms with Gasteiger partial charge in [-0.05, 0) is 86.3 Å². The van der Waals surface area contributed by atoms with E-state index in [2.05, 4.69) is 36.9 Å². The predicted octanol–water partition coefficient (Wildman–Crippen LogP) is 7.01. The highest BCUT2D eigenvalue weighted by atomic mass is 79.9. The van der Waals surface area contributed by atoms with Crippen molar-refractivity contribution in [2.75, 3.05) is 0 Å². The van der Waals surface area contributed by atoms with E-state index in [0.717, 1.165) is 5.56 Å². The van der Waals surface area contributed by atoms with Gasteiger partial charge in [-0.25, -0.2) is 9.79 Å². The Balaban J connectivity index is 1.59. The first-order valence-corrected chi connectivity index (χ1v) is 11.8. The molecule has 10 heteroatoms. The molecule has 0 saturated carbocycles. The summed E-state index contributed by atoms with van der Waals surface area (Å²) < 4.78 is 12.6. The molecule has 1 aliphatic heterocycles. The lowest BCUT2D eigenvalue weighted by atomic mass is 10.1. The highest BCUT2D eigenvalue weighted by molar-refractivity contribution is 9.11. The number of nitro groups is 1. The number of rotatable bonds is 6. The number of carbonyl (C=O) groups is 1. The maximum atomic E-state index is 12.4. The van der Waals surface area contributed by atoms with Gasteiger partial charge in [-0.3, -0.25) is 10.1 Å². The summed E-state index contributed by atoms with van der Waals surface area (Å²) in [6.45, 7) is 1.91. The maximum Gasteiger partial charge on any atom is 0.363 e. The number of nitrogens with zero attached hydrogens (tertiary/aromatic N) is 2. The first-order valence-electron chi connectivity index (χ1n) is 9.86. The minimum atomic E-state index is -0.644. The van der Waals surface area contributed by atoms with Gasteiger partial charge < -0.3 is 9.47 Å². The molecular formula is C24H15Br2ClN2O5. The molecule has 0 N–H and O–H groups in total. The molecule has 0 unspecified atom stereocenters. The van der Waals surface area contributed by atoms with Gasteiger partial charge in [-0.15, -0.1) is 0 Å². The Hall–Kier alpha value is -3.01. The molecule has 1 aliphatic rings. The predicted molar refractivity (Wildman–Crippen MR) is 136 cm³/mol. The Morgan fingerprint density at radius 1 is 1.15 bits per heavy atom. The van der Waals surface area contributed by atoms with Crippen molar-refractivity contribution in [1.29, 1.82) is 0 Å². The van der Waals surface area contributed by atoms with Crippen molar-refractivity contribution in [2.24, 2.45) is 4.99 Å². The molecule has 0 spiro atoms. The number of esters is 1. The maximum absolute atomic E-state index is 12.4. The third kappa shape index (κ3) is 5.22. The first kappa shape index (κ1) is 24.1. The zero-order chi connectivity index (χ0) is 24.4. The topological polar surface area (TPSA) is 91.0 Å². The number of aliphatic imine (C=N–C) groups is 1. The molecule has 0 atom stereocenters. The van der Waals surface area contributed by atoms with Crippen LogP contribution in [-0.4, -0.2) is 16.8 Å². The minimum Gasteiger partial charge on any atom is -0.487 e. The number of carbonyl (C=O) groups excluding carboxylic acids is 1. The molecular weight excluding hydrogens is 592 g/mol. The van der Waals surface area contributed by atoms with Crippen LogP contribution in [0.4, 0.5) is 5.69 Å². The summed E-state index contributed by atoms with van der Waals surface area (Å²) in [6, 6.07) is 15.5. The highest BCUT2D eigenvalue weighted by Gasteiger charge is 2.27. The van der Waals surface area contributed by atoms with Gasteiger partial charge in [-0.2, -0.15) is 0 Å². The fourth-order valence-corrected chi connectivity index (χ4v) is 4.98. The van der Waals surface area contributed by atoms with Crippen LogP contribution in [0.5, 0.6) is 5.75 Å². The molecule has 3 aromatic rings. The van der Waals surface area contributed by atoms with Crippen LogP contribution in [0.1, 0.15) is 22.3 Å². The van der Waals surface area contributed by atoms with Crippen molar-refractivity contribution >= 4 is 67.1 Å². The van der Waals surface area contributed by atoms with Crippen molar-refractivity contribution in [3.05, 3.63) is 107 Å². The van der Waals surface area contributed by atoms with E-state index in [4.69, 9.17) is 21.1 Å². The summed E-state index contributed by atoms with van der Waals surface area (Å²) in [7, 11) is 0. The Morgan fingerprint density at radius 2 is 1.85 bits per heavy atom. The van der Waals surface area contributed by atoms with E-state index < -0.39 is 10.9 Å². The Bertz CT molecular complexity index is 1360. The molecule has 0 radical (unpaired) electrons. The van der Waals surface area contributed by atoms with E-state index in [9.17, 15) is 14.9 Å². The Labute approximate surface area is 216 Å². The first-order chi connectivity index (χ1) is 16.2. The molecule has 172 valence electrons. The average Bonchev–Trinajstić information content (AvgIpc) is 3.13. The molecule has 1 heterocycles. The van der Waals surface area contributed by atoms with Crippen molar-refractivity contribution in [2.45, 2.75) is 13.5 Å². The molecule has 4 rings (SSSR count). The lowest BCUT2D eigenvalue weighted by molar-refractivity contribution is -0.385. The molecule has 0 amide bonds. The van der Waals surface area contributed by atoms with Crippen molar-refractivity contribution < 1.29 is 19.2 Å². The van der Waals surface area contributed by atoms with E-state index in [1.807, 2.05) is 18.2 Å². The van der Waals surface area contributed by atoms with E-state index in [1.54, 1.807) is 37.3 Å². The lowest BCUT2D eigenvalue weighted by Gasteiger charge is -2.11. The van der Waals surface area contributed by atoms with Gasteiger partial charge in [0.2, 0.25) is 5.90 Å². The smallest absolute Gasteiger partial charge is 0.363 e. The van der Waals surface area contributed by atoms with Crippen molar-refractivity contribution in [3.8, 4) is 5.75 Å². The summed E-state index contributed by atoms with van der Waals surface area (Å²) in [6.07, 6.45) is 1.57. The van der Waals surface area contributed by atoms with Crippen LogP contribution in [0.3, 0.4) is 0 Å². The Morgan fingerprint density at radius 3 is 2.53 bits per heavy atom. The zero-order valence-electron chi connectivity index (χ0n) is 17.6. The summed E-state index contributed by atoms with van der Waals surface area (Å²) in [4.78, 5) is 27.4. The van der Waals surface area contributed by atoms with E-state index >= 15 is 0 Å². The summed E-state index contributed by atoms with van der Waals surface area (Å²) in [5.41, 5.74) is 2.35. The monoisotopic (exact) mass is 604 g/mol. The van der Waals surface area contributed by atoms with Gasteiger partial charge in [0.25, 0.3) is 5.69 Å². The van der Waals surface area contributed by atoms with Crippen molar-refractivity contribution in [3.63, 3.8) is 0 Å². The quantitative estimate of drug-likeness (QED) is 0.130. The van der Waals surface area contributed by atoms with Crippen LogP contribution in [-0.2, 0) is 16.1 Å².